The van der Waals surface area contributed by atoms with Crippen molar-refractivity contribution < 1.29 is 4.39 Å². The Bertz CT molecular complexity index is 562. The van der Waals surface area contributed by atoms with Gasteiger partial charge in [-0.05, 0) is 31.0 Å². The average molecular weight is 248 g/mol. The van der Waals surface area contributed by atoms with Gasteiger partial charge in [0.15, 0.2) is 0 Å². The Morgan fingerprint density at radius 3 is 2.61 bits per heavy atom. The van der Waals surface area contributed by atoms with Crippen molar-refractivity contribution in [3.05, 3.63) is 52.6 Å². The highest BCUT2D eigenvalue weighted by Gasteiger charge is 2.17. The molecule has 1 unspecified atom stereocenters. The van der Waals surface area contributed by atoms with Crippen molar-refractivity contribution in [1.29, 1.82) is 0 Å². The van der Waals surface area contributed by atoms with E-state index in [1.807, 2.05) is 20.2 Å². The van der Waals surface area contributed by atoms with Gasteiger partial charge in [0.1, 0.15) is 5.82 Å². The molecule has 1 aromatic heterocycles. The van der Waals surface area contributed by atoms with E-state index in [1.54, 1.807) is 23.7 Å². The second kappa shape index (κ2) is 4.88. The molecule has 4 nitrogen and oxygen atoms in total. The van der Waals surface area contributed by atoms with Crippen molar-refractivity contribution in [2.75, 3.05) is 0 Å². The SMILES string of the molecule is Cc1cc(C(NN)c2cn(C)nc2C)ccc1F. The predicted molar refractivity (Wildman–Crippen MR) is 68.2 cm³/mol. The molecular formula is C13H17FN4. The van der Waals surface area contributed by atoms with Gasteiger partial charge in [-0.3, -0.25) is 10.5 Å². The Balaban J connectivity index is 2.45. The Labute approximate surface area is 106 Å². The van der Waals surface area contributed by atoms with Crippen molar-refractivity contribution in [1.82, 2.24) is 15.2 Å². The van der Waals surface area contributed by atoms with Crippen molar-refractivity contribution in [2.24, 2.45) is 12.9 Å². The second-order valence-electron chi connectivity index (χ2n) is 4.45. The molecule has 0 bridgehead atoms. The van der Waals surface area contributed by atoms with Crippen LogP contribution in [-0.4, -0.2) is 9.78 Å². The fourth-order valence-corrected chi connectivity index (χ4v) is 2.11. The largest absolute Gasteiger partial charge is 0.275 e. The van der Waals surface area contributed by atoms with Crippen LogP contribution in [-0.2, 0) is 7.05 Å². The molecule has 0 aliphatic carbocycles. The predicted octanol–water partition coefficient (Wildman–Crippen LogP) is 1.73. The minimum atomic E-state index is -0.211. The fourth-order valence-electron chi connectivity index (χ4n) is 2.11. The van der Waals surface area contributed by atoms with Gasteiger partial charge in [-0.15, -0.1) is 0 Å². The summed E-state index contributed by atoms with van der Waals surface area (Å²) in [4.78, 5) is 0. The molecule has 1 heterocycles. The third-order valence-corrected chi connectivity index (χ3v) is 3.04. The molecule has 2 aromatic rings. The third-order valence-electron chi connectivity index (χ3n) is 3.04. The highest BCUT2D eigenvalue weighted by atomic mass is 19.1. The summed E-state index contributed by atoms with van der Waals surface area (Å²) in [5.41, 5.74) is 6.19. The van der Waals surface area contributed by atoms with Gasteiger partial charge in [-0.2, -0.15) is 5.10 Å². The first-order valence-electron chi connectivity index (χ1n) is 5.75. The van der Waals surface area contributed by atoms with Gasteiger partial charge in [-0.1, -0.05) is 12.1 Å². The van der Waals surface area contributed by atoms with Crippen LogP contribution in [0.2, 0.25) is 0 Å². The molecule has 0 saturated carbocycles. The number of nitrogens with one attached hydrogen (secondary N) is 1. The summed E-state index contributed by atoms with van der Waals surface area (Å²) in [5.74, 6) is 5.41. The number of hydrogen-bond acceptors (Lipinski definition) is 3. The van der Waals surface area contributed by atoms with E-state index in [9.17, 15) is 4.39 Å². The zero-order chi connectivity index (χ0) is 13.3. The van der Waals surface area contributed by atoms with E-state index < -0.39 is 0 Å². The van der Waals surface area contributed by atoms with E-state index in [0.29, 0.717) is 5.56 Å². The van der Waals surface area contributed by atoms with Crippen LogP contribution in [0.4, 0.5) is 4.39 Å². The zero-order valence-electron chi connectivity index (χ0n) is 10.7. The number of halogens is 1. The topological polar surface area (TPSA) is 55.9 Å². The molecule has 0 spiro atoms. The van der Waals surface area contributed by atoms with Crippen molar-refractivity contribution >= 4 is 0 Å². The van der Waals surface area contributed by atoms with E-state index >= 15 is 0 Å². The molecular weight excluding hydrogens is 231 g/mol. The van der Waals surface area contributed by atoms with Crippen LogP contribution in [0, 0.1) is 19.7 Å². The smallest absolute Gasteiger partial charge is 0.126 e. The van der Waals surface area contributed by atoms with Crippen molar-refractivity contribution in [3.63, 3.8) is 0 Å². The van der Waals surface area contributed by atoms with Gasteiger partial charge >= 0.3 is 0 Å². The maximum absolute atomic E-state index is 13.3. The number of hydrogen-bond donors (Lipinski definition) is 2. The highest BCUT2D eigenvalue weighted by Crippen LogP contribution is 2.24. The molecule has 0 fully saturated rings. The lowest BCUT2D eigenvalue weighted by atomic mass is 9.98. The van der Waals surface area contributed by atoms with E-state index in [1.165, 1.54) is 6.07 Å². The fraction of sp³-hybridized carbons (Fsp3) is 0.308. The zero-order valence-corrected chi connectivity index (χ0v) is 10.7. The van der Waals surface area contributed by atoms with Crippen molar-refractivity contribution in [2.45, 2.75) is 19.9 Å². The van der Waals surface area contributed by atoms with E-state index in [4.69, 9.17) is 5.84 Å². The summed E-state index contributed by atoms with van der Waals surface area (Å²) in [7, 11) is 1.86. The average Bonchev–Trinajstić information content (AvgIpc) is 2.64. The quantitative estimate of drug-likeness (QED) is 0.642. The Morgan fingerprint density at radius 2 is 2.11 bits per heavy atom. The summed E-state index contributed by atoms with van der Waals surface area (Å²) < 4.78 is 15.0. The Kier molecular flexibility index (Phi) is 3.45. The van der Waals surface area contributed by atoms with Gasteiger partial charge in [0.05, 0.1) is 11.7 Å². The van der Waals surface area contributed by atoms with Gasteiger partial charge in [0.25, 0.3) is 0 Å². The Hall–Kier alpha value is -1.72. The van der Waals surface area contributed by atoms with Crippen LogP contribution < -0.4 is 11.3 Å². The molecule has 0 amide bonds. The van der Waals surface area contributed by atoms with Crippen LogP contribution in [0.3, 0.4) is 0 Å². The normalized spacial score (nSPS) is 12.7. The number of nitrogens with zero attached hydrogens (tertiary/aromatic N) is 2. The number of rotatable bonds is 3. The van der Waals surface area contributed by atoms with Gasteiger partial charge < -0.3 is 0 Å². The molecule has 1 aromatic carbocycles. The number of nitrogens with two attached hydrogens (primary N) is 1. The van der Waals surface area contributed by atoms with Crippen LogP contribution in [0.5, 0.6) is 0 Å². The third kappa shape index (κ3) is 2.27. The molecule has 18 heavy (non-hydrogen) atoms. The molecule has 0 saturated heterocycles. The first kappa shape index (κ1) is 12.7. The monoisotopic (exact) mass is 248 g/mol. The summed E-state index contributed by atoms with van der Waals surface area (Å²) in [6.45, 7) is 3.67. The minimum absolute atomic E-state index is 0.182. The van der Waals surface area contributed by atoms with E-state index in [-0.39, 0.29) is 11.9 Å². The first-order valence-corrected chi connectivity index (χ1v) is 5.75. The lowest BCUT2D eigenvalue weighted by molar-refractivity contribution is 0.607. The summed E-state index contributed by atoms with van der Waals surface area (Å²) >= 11 is 0. The molecule has 96 valence electrons. The molecule has 0 radical (unpaired) electrons. The second-order valence-corrected chi connectivity index (χ2v) is 4.45. The standard InChI is InChI=1S/C13H17FN4/c1-8-6-10(4-5-12(8)14)13(16-15)11-7-18(3)17-9(11)2/h4-7,13,16H,15H2,1-3H3. The first-order chi connectivity index (χ1) is 8.52. The van der Waals surface area contributed by atoms with Crippen LogP contribution in [0.25, 0.3) is 0 Å². The minimum Gasteiger partial charge on any atom is -0.275 e. The summed E-state index contributed by atoms with van der Waals surface area (Å²) in [5, 5.41) is 4.29. The van der Waals surface area contributed by atoms with Crippen LogP contribution in [0.15, 0.2) is 24.4 Å². The summed E-state index contributed by atoms with van der Waals surface area (Å²) in [6.07, 6.45) is 1.92. The number of hydrazine groups is 1. The molecule has 2 rings (SSSR count). The summed E-state index contributed by atoms with van der Waals surface area (Å²) in [6, 6.07) is 4.81. The molecule has 5 heteroatoms. The van der Waals surface area contributed by atoms with Gasteiger partial charge in [-0.25, -0.2) is 9.82 Å². The highest BCUT2D eigenvalue weighted by molar-refractivity contribution is 5.35. The Morgan fingerprint density at radius 1 is 1.39 bits per heavy atom. The number of aryl methyl sites for hydroxylation is 3. The maximum atomic E-state index is 13.3. The van der Waals surface area contributed by atoms with Gasteiger partial charge in [0, 0.05) is 18.8 Å². The van der Waals surface area contributed by atoms with Crippen LogP contribution >= 0.6 is 0 Å². The lowest BCUT2D eigenvalue weighted by Crippen LogP contribution is -2.29. The number of aromatic nitrogens is 2. The van der Waals surface area contributed by atoms with Crippen molar-refractivity contribution in [3.8, 4) is 0 Å². The van der Waals surface area contributed by atoms with Gasteiger partial charge in [0.2, 0.25) is 0 Å². The van der Waals surface area contributed by atoms with E-state index in [2.05, 4.69) is 10.5 Å². The molecule has 0 aliphatic heterocycles. The maximum Gasteiger partial charge on any atom is 0.126 e. The van der Waals surface area contributed by atoms with Crippen LogP contribution in [0.1, 0.15) is 28.4 Å². The molecule has 3 N–H and O–H groups in total. The van der Waals surface area contributed by atoms with E-state index in [0.717, 1.165) is 16.8 Å². The number of benzene rings is 1. The molecule has 0 aliphatic rings. The molecule has 1 atom stereocenters. The lowest BCUT2D eigenvalue weighted by Gasteiger charge is -2.16.